The molecule has 2 rings (SSSR count). The summed E-state index contributed by atoms with van der Waals surface area (Å²) >= 11 is 1.32. The van der Waals surface area contributed by atoms with Crippen molar-refractivity contribution in [3.63, 3.8) is 0 Å². The highest BCUT2D eigenvalue weighted by molar-refractivity contribution is 7.18. The Morgan fingerprint density at radius 1 is 1.43 bits per heavy atom. The Morgan fingerprint density at radius 2 is 2.14 bits per heavy atom. The van der Waals surface area contributed by atoms with E-state index >= 15 is 0 Å². The lowest BCUT2D eigenvalue weighted by atomic mass is 10.1. The topological polar surface area (TPSA) is 68.0 Å². The molecule has 2 aromatic rings. The van der Waals surface area contributed by atoms with Crippen molar-refractivity contribution in [2.45, 2.75) is 34.1 Å². The van der Waals surface area contributed by atoms with E-state index in [1.165, 1.54) is 16.9 Å². The molecule has 1 aromatic carbocycles. The standard InChI is InChI=1S/C16H21N3OS/c1-5-11-8-6-7-10(4)12(11)18-16-19-15(17)14(21-16)13(20)9(2)3/h6-9H,5,17H2,1-4H3,(H,18,19). The number of nitrogens with two attached hydrogens (primary N) is 1. The molecular weight excluding hydrogens is 282 g/mol. The van der Waals surface area contributed by atoms with Gasteiger partial charge in [0.1, 0.15) is 10.7 Å². The lowest BCUT2D eigenvalue weighted by Gasteiger charge is -2.11. The van der Waals surface area contributed by atoms with E-state index < -0.39 is 0 Å². The number of Topliss-reactive ketones (excluding diaryl/α,β-unsaturated/α-hetero) is 1. The Labute approximate surface area is 129 Å². The SMILES string of the molecule is CCc1cccc(C)c1Nc1nc(N)c(C(=O)C(C)C)s1. The van der Waals surface area contributed by atoms with E-state index in [4.69, 9.17) is 5.73 Å². The van der Waals surface area contributed by atoms with Crippen molar-refractivity contribution in [3.05, 3.63) is 34.2 Å². The number of para-hydroxylation sites is 1. The van der Waals surface area contributed by atoms with E-state index in [2.05, 4.69) is 36.3 Å². The molecule has 0 aliphatic carbocycles. The Balaban J connectivity index is 2.34. The normalized spacial score (nSPS) is 10.9. The molecule has 0 saturated heterocycles. The molecule has 0 amide bonds. The zero-order valence-corrected chi connectivity index (χ0v) is 13.7. The van der Waals surface area contributed by atoms with E-state index in [9.17, 15) is 4.79 Å². The minimum absolute atomic E-state index is 0.0403. The van der Waals surface area contributed by atoms with Crippen LogP contribution in [0.15, 0.2) is 18.2 Å². The predicted molar refractivity (Wildman–Crippen MR) is 89.5 cm³/mol. The molecule has 5 heteroatoms. The van der Waals surface area contributed by atoms with Crippen LogP contribution in [-0.4, -0.2) is 10.8 Å². The highest BCUT2D eigenvalue weighted by Gasteiger charge is 2.19. The van der Waals surface area contributed by atoms with Crippen LogP contribution in [0, 0.1) is 12.8 Å². The van der Waals surface area contributed by atoms with E-state index in [0.717, 1.165) is 17.7 Å². The first kappa shape index (κ1) is 15.5. The third-order valence-electron chi connectivity index (χ3n) is 3.37. The second-order valence-electron chi connectivity index (χ2n) is 5.34. The molecule has 0 fully saturated rings. The fraction of sp³-hybridized carbons (Fsp3) is 0.375. The van der Waals surface area contributed by atoms with Crippen molar-refractivity contribution in [1.82, 2.24) is 4.98 Å². The fourth-order valence-corrected chi connectivity index (χ4v) is 3.11. The molecule has 4 nitrogen and oxygen atoms in total. The van der Waals surface area contributed by atoms with Gasteiger partial charge >= 0.3 is 0 Å². The van der Waals surface area contributed by atoms with Gasteiger partial charge in [-0.25, -0.2) is 4.98 Å². The van der Waals surface area contributed by atoms with E-state index in [-0.39, 0.29) is 11.7 Å². The van der Waals surface area contributed by atoms with Gasteiger partial charge in [0.25, 0.3) is 0 Å². The largest absolute Gasteiger partial charge is 0.382 e. The Bertz CT molecular complexity index is 662. The summed E-state index contributed by atoms with van der Waals surface area (Å²) in [6.45, 7) is 7.90. The highest BCUT2D eigenvalue weighted by Crippen LogP contribution is 2.32. The number of benzene rings is 1. The minimum Gasteiger partial charge on any atom is -0.382 e. The number of nitrogen functional groups attached to an aromatic ring is 1. The fourth-order valence-electron chi connectivity index (χ4n) is 2.13. The number of nitrogens with zero attached hydrogens (tertiary/aromatic N) is 1. The van der Waals surface area contributed by atoms with Crippen molar-refractivity contribution in [2.24, 2.45) is 5.92 Å². The maximum absolute atomic E-state index is 12.1. The van der Waals surface area contributed by atoms with Crippen molar-refractivity contribution in [1.29, 1.82) is 0 Å². The molecule has 112 valence electrons. The Hall–Kier alpha value is -1.88. The predicted octanol–water partition coefficient (Wildman–Crippen LogP) is 4.18. The zero-order chi connectivity index (χ0) is 15.6. The first-order valence-corrected chi connectivity index (χ1v) is 7.91. The number of rotatable bonds is 5. The first-order valence-electron chi connectivity index (χ1n) is 7.10. The summed E-state index contributed by atoms with van der Waals surface area (Å²) in [6.07, 6.45) is 0.933. The molecule has 21 heavy (non-hydrogen) atoms. The molecule has 0 atom stereocenters. The highest BCUT2D eigenvalue weighted by atomic mass is 32.1. The second-order valence-corrected chi connectivity index (χ2v) is 6.34. The van der Waals surface area contributed by atoms with Crippen molar-refractivity contribution >= 4 is 33.8 Å². The van der Waals surface area contributed by atoms with Crippen LogP contribution < -0.4 is 11.1 Å². The second kappa shape index (κ2) is 6.26. The number of thiazole rings is 1. The zero-order valence-electron chi connectivity index (χ0n) is 12.9. The minimum atomic E-state index is -0.0785. The summed E-state index contributed by atoms with van der Waals surface area (Å²) in [6, 6.07) is 6.19. The van der Waals surface area contributed by atoms with Gasteiger partial charge < -0.3 is 11.1 Å². The third-order valence-corrected chi connectivity index (χ3v) is 4.37. The third kappa shape index (κ3) is 3.24. The molecule has 0 radical (unpaired) electrons. The number of carbonyl (C=O) groups is 1. The monoisotopic (exact) mass is 303 g/mol. The molecule has 0 aliphatic rings. The molecule has 0 spiro atoms. The van der Waals surface area contributed by atoms with Crippen LogP contribution in [0.1, 0.15) is 41.6 Å². The van der Waals surface area contributed by atoms with Gasteiger partial charge in [-0.15, -0.1) is 0 Å². The van der Waals surface area contributed by atoms with Gasteiger partial charge in [-0.1, -0.05) is 50.3 Å². The van der Waals surface area contributed by atoms with Crippen LogP contribution in [0.5, 0.6) is 0 Å². The smallest absolute Gasteiger partial charge is 0.189 e. The van der Waals surface area contributed by atoms with Crippen LogP contribution in [0.4, 0.5) is 16.6 Å². The van der Waals surface area contributed by atoms with Crippen LogP contribution in [0.2, 0.25) is 0 Å². The molecule has 1 heterocycles. The van der Waals surface area contributed by atoms with E-state index in [0.29, 0.717) is 15.8 Å². The number of aromatic nitrogens is 1. The van der Waals surface area contributed by atoms with Gasteiger partial charge in [0.15, 0.2) is 10.9 Å². The van der Waals surface area contributed by atoms with Crippen LogP contribution in [-0.2, 0) is 6.42 Å². The first-order chi connectivity index (χ1) is 9.93. The quantitative estimate of drug-likeness (QED) is 0.813. The van der Waals surface area contributed by atoms with Gasteiger partial charge in [-0.05, 0) is 24.5 Å². The van der Waals surface area contributed by atoms with Gasteiger partial charge in [0, 0.05) is 11.6 Å². The number of ketones is 1. The van der Waals surface area contributed by atoms with Gasteiger partial charge in [-0.2, -0.15) is 0 Å². The molecule has 1 aromatic heterocycles. The molecule has 0 unspecified atom stereocenters. The average molecular weight is 303 g/mol. The summed E-state index contributed by atoms with van der Waals surface area (Å²) in [5, 5.41) is 3.99. The van der Waals surface area contributed by atoms with Gasteiger partial charge in [0.2, 0.25) is 0 Å². The summed E-state index contributed by atoms with van der Waals surface area (Å²) in [4.78, 5) is 16.9. The van der Waals surface area contributed by atoms with Crippen LogP contribution >= 0.6 is 11.3 Å². The molecule has 0 saturated carbocycles. The number of hydrogen-bond donors (Lipinski definition) is 2. The van der Waals surface area contributed by atoms with E-state index in [1.54, 1.807) is 0 Å². The molecule has 3 N–H and O–H groups in total. The van der Waals surface area contributed by atoms with Crippen molar-refractivity contribution < 1.29 is 4.79 Å². The summed E-state index contributed by atoms with van der Waals surface area (Å²) in [7, 11) is 0. The maximum Gasteiger partial charge on any atom is 0.189 e. The Kier molecular flexibility index (Phi) is 4.63. The molecule has 0 bridgehead atoms. The molecule has 0 aliphatic heterocycles. The number of carbonyl (C=O) groups excluding carboxylic acids is 1. The van der Waals surface area contributed by atoms with Crippen LogP contribution in [0.25, 0.3) is 0 Å². The number of hydrogen-bond acceptors (Lipinski definition) is 5. The van der Waals surface area contributed by atoms with Gasteiger partial charge in [-0.3, -0.25) is 4.79 Å². The van der Waals surface area contributed by atoms with Gasteiger partial charge in [0.05, 0.1) is 0 Å². The number of nitrogens with one attached hydrogen (secondary N) is 1. The lowest BCUT2D eigenvalue weighted by Crippen LogP contribution is -2.07. The summed E-state index contributed by atoms with van der Waals surface area (Å²) in [5.41, 5.74) is 9.31. The van der Waals surface area contributed by atoms with Crippen molar-refractivity contribution in [2.75, 3.05) is 11.1 Å². The number of anilines is 3. The average Bonchev–Trinajstić information content (AvgIpc) is 2.81. The van der Waals surface area contributed by atoms with Crippen LogP contribution in [0.3, 0.4) is 0 Å². The Morgan fingerprint density at radius 3 is 2.76 bits per heavy atom. The summed E-state index contributed by atoms with van der Waals surface area (Å²) in [5.74, 6) is 0.275. The lowest BCUT2D eigenvalue weighted by molar-refractivity contribution is 0.0944. The summed E-state index contributed by atoms with van der Waals surface area (Å²) < 4.78 is 0. The maximum atomic E-state index is 12.1. The van der Waals surface area contributed by atoms with E-state index in [1.807, 2.05) is 19.9 Å². The number of aryl methyl sites for hydroxylation is 2. The molecular formula is C16H21N3OS. The van der Waals surface area contributed by atoms with Crippen molar-refractivity contribution in [3.8, 4) is 0 Å².